The number of aromatic hydroxyl groups is 1. The maximum absolute atomic E-state index is 13.5. The van der Waals surface area contributed by atoms with E-state index in [0.717, 1.165) is 124 Å². The van der Waals surface area contributed by atoms with E-state index in [1.165, 1.54) is 23.0 Å². The first-order chi connectivity index (χ1) is 29.2. The van der Waals surface area contributed by atoms with Gasteiger partial charge in [-0.15, -0.1) is 0 Å². The lowest BCUT2D eigenvalue weighted by Crippen LogP contribution is -2.48. The molecule has 5 N–H and O–H groups in total. The molecule has 6 nitrogen and oxygen atoms in total. The number of rotatable bonds is 16. The molecule has 0 aromatic heterocycles. The lowest BCUT2D eigenvalue weighted by atomic mass is 9.55. The van der Waals surface area contributed by atoms with Crippen LogP contribution in [0.5, 0.6) is 5.75 Å². The minimum atomic E-state index is -0.772. The van der Waals surface area contributed by atoms with E-state index in [1.807, 2.05) is 24.3 Å². The Kier molecular flexibility index (Phi) is 14.9. The molecule has 320 valence electrons. The summed E-state index contributed by atoms with van der Waals surface area (Å²) in [6.45, 7) is 2.87. The van der Waals surface area contributed by atoms with Crippen LogP contribution in [0.3, 0.4) is 0 Å². The quantitative estimate of drug-likeness (QED) is 0.0650. The topological polar surface area (TPSA) is 121 Å². The monoisotopic (exact) mass is 812 g/mol. The van der Waals surface area contributed by atoms with Gasteiger partial charge in [-0.05, 0) is 147 Å². The Hall–Kier alpha value is -4.42. The summed E-state index contributed by atoms with van der Waals surface area (Å²) in [5.41, 5.74) is 11.1. The first kappa shape index (κ1) is 43.7. The summed E-state index contributed by atoms with van der Waals surface area (Å²) in [4.78, 5) is 25.7. The van der Waals surface area contributed by atoms with Gasteiger partial charge < -0.3 is 25.8 Å². The number of aldehydes is 1. The Bertz CT molecular complexity index is 2130. The highest BCUT2D eigenvalue weighted by Gasteiger charge is 2.50. The van der Waals surface area contributed by atoms with Crippen LogP contribution in [0.25, 0.3) is 11.8 Å². The number of carbonyl (C=O) groups excluding carboxylic acids is 1. The summed E-state index contributed by atoms with van der Waals surface area (Å²) in [6, 6.07) is 23.2. The zero-order valence-corrected chi connectivity index (χ0v) is 35.9. The van der Waals surface area contributed by atoms with Gasteiger partial charge >= 0.3 is 5.97 Å². The van der Waals surface area contributed by atoms with Crippen LogP contribution in [-0.2, 0) is 27.8 Å². The van der Waals surface area contributed by atoms with Crippen LogP contribution in [0.2, 0.25) is 0 Å². The Morgan fingerprint density at radius 1 is 0.900 bits per heavy atom. The normalized spacial score (nSPS) is 26.8. The van der Waals surface area contributed by atoms with E-state index in [2.05, 4.69) is 73.7 Å². The molecule has 0 heterocycles. The molecule has 60 heavy (non-hydrogen) atoms. The molecule has 4 aliphatic rings. The summed E-state index contributed by atoms with van der Waals surface area (Å²) >= 11 is 0. The maximum Gasteiger partial charge on any atom is 0.307 e. The number of benzene rings is 3. The molecular formula is C54H69NO5. The number of allylic oxidation sites excluding steroid dienone is 3. The van der Waals surface area contributed by atoms with Crippen LogP contribution in [0.4, 0.5) is 0 Å². The number of carboxylic acid groups (broad SMARTS) is 1. The van der Waals surface area contributed by atoms with Crippen molar-refractivity contribution in [1.82, 2.24) is 0 Å². The molecule has 7 rings (SSSR count). The smallest absolute Gasteiger partial charge is 0.307 e. The molecule has 8 atom stereocenters. The van der Waals surface area contributed by atoms with Gasteiger partial charge in [-0.3, -0.25) is 4.79 Å². The highest BCUT2D eigenvalue weighted by atomic mass is 16.4. The molecule has 8 unspecified atom stereocenters. The fraction of sp³-hybridized carbons (Fsp3) is 0.519. The van der Waals surface area contributed by atoms with Crippen LogP contribution in [0.1, 0.15) is 138 Å². The third kappa shape index (κ3) is 9.86. The molecule has 2 bridgehead atoms. The van der Waals surface area contributed by atoms with E-state index < -0.39 is 17.3 Å². The van der Waals surface area contributed by atoms with Crippen LogP contribution < -0.4 is 16.2 Å². The van der Waals surface area contributed by atoms with Crippen molar-refractivity contribution >= 4 is 24.1 Å². The number of fused-ring (bicyclic) bond motifs is 5. The molecule has 1 spiro atoms. The number of nitrogens with two attached hydrogens (primary N) is 1. The van der Waals surface area contributed by atoms with Gasteiger partial charge in [0.05, 0.1) is 5.92 Å². The number of carbonyl (C=O) groups is 2. The largest absolute Gasteiger partial charge is 0.511 e. The Morgan fingerprint density at radius 3 is 2.57 bits per heavy atom. The summed E-state index contributed by atoms with van der Waals surface area (Å²) in [5, 5.41) is 35.8. The second-order valence-corrected chi connectivity index (χ2v) is 18.8. The fourth-order valence-corrected chi connectivity index (χ4v) is 11.7. The number of aliphatic hydroxyl groups excluding tert-OH is 1. The maximum atomic E-state index is 13.5. The number of carboxylic acids is 1. The van der Waals surface area contributed by atoms with Gasteiger partial charge in [0, 0.05) is 22.5 Å². The van der Waals surface area contributed by atoms with E-state index in [-0.39, 0.29) is 23.7 Å². The second kappa shape index (κ2) is 20.4. The number of phenolic OH excluding ortho intramolecular Hbond substituents is 1. The molecule has 3 aromatic carbocycles. The number of hydrogen-bond donors (Lipinski definition) is 4. The van der Waals surface area contributed by atoms with Crippen molar-refractivity contribution in [2.75, 3.05) is 6.54 Å². The highest BCUT2D eigenvalue weighted by molar-refractivity contribution is 5.73. The molecular weight excluding hydrogens is 743 g/mol. The van der Waals surface area contributed by atoms with E-state index in [0.29, 0.717) is 42.7 Å². The van der Waals surface area contributed by atoms with Crippen molar-refractivity contribution in [3.8, 4) is 5.75 Å². The van der Waals surface area contributed by atoms with Crippen molar-refractivity contribution in [3.05, 3.63) is 123 Å². The number of aliphatic carboxylic acids is 1. The number of phenols is 1. The lowest BCUT2D eigenvalue weighted by Gasteiger charge is -2.48. The highest BCUT2D eigenvalue weighted by Crippen LogP contribution is 2.53. The van der Waals surface area contributed by atoms with Crippen LogP contribution >= 0.6 is 0 Å². The molecule has 0 amide bonds. The summed E-state index contributed by atoms with van der Waals surface area (Å²) in [5.74, 6) is 0.333. The third-order valence-electron chi connectivity index (χ3n) is 15.1. The Balaban J connectivity index is 1.18. The molecule has 4 aliphatic carbocycles. The number of aryl methyl sites for hydroxylation is 1. The van der Waals surface area contributed by atoms with Gasteiger partial charge in [0.2, 0.25) is 0 Å². The van der Waals surface area contributed by atoms with Crippen molar-refractivity contribution in [2.45, 2.75) is 134 Å². The zero-order chi connectivity index (χ0) is 42.1. The van der Waals surface area contributed by atoms with E-state index >= 15 is 0 Å². The predicted molar refractivity (Wildman–Crippen MR) is 243 cm³/mol. The van der Waals surface area contributed by atoms with Crippen LogP contribution in [0.15, 0.2) is 90.5 Å². The van der Waals surface area contributed by atoms with Gasteiger partial charge in [-0.25, -0.2) is 0 Å². The number of hydrogen-bond acceptors (Lipinski definition) is 5. The van der Waals surface area contributed by atoms with E-state index in [4.69, 9.17) is 5.73 Å². The van der Waals surface area contributed by atoms with E-state index in [1.54, 1.807) is 0 Å². The van der Waals surface area contributed by atoms with Gasteiger partial charge in [-0.2, -0.15) is 0 Å². The molecule has 6 heteroatoms. The van der Waals surface area contributed by atoms with Crippen molar-refractivity contribution in [1.29, 1.82) is 0 Å². The summed E-state index contributed by atoms with van der Waals surface area (Å²) in [6.07, 6.45) is 26.8. The zero-order valence-electron chi connectivity index (χ0n) is 35.9. The minimum absolute atomic E-state index is 0.0714. The van der Waals surface area contributed by atoms with Crippen LogP contribution in [0, 0.1) is 35.5 Å². The third-order valence-corrected chi connectivity index (χ3v) is 15.1. The van der Waals surface area contributed by atoms with Crippen molar-refractivity contribution < 1.29 is 24.9 Å². The molecule has 3 aromatic rings. The molecule has 1 fully saturated rings. The number of unbranched alkanes of at least 4 members (excludes halogenated alkanes) is 4. The van der Waals surface area contributed by atoms with Gasteiger partial charge in [0.15, 0.2) is 0 Å². The minimum Gasteiger partial charge on any atom is -0.511 e. The van der Waals surface area contributed by atoms with Crippen molar-refractivity contribution in [3.63, 3.8) is 0 Å². The van der Waals surface area contributed by atoms with Gasteiger partial charge in [0.25, 0.3) is 0 Å². The van der Waals surface area contributed by atoms with Crippen molar-refractivity contribution in [2.24, 2.45) is 41.2 Å². The Labute approximate surface area is 358 Å². The second-order valence-electron chi connectivity index (χ2n) is 18.8. The molecule has 1 saturated carbocycles. The first-order valence-corrected chi connectivity index (χ1v) is 23.4. The number of aliphatic hydroxyl groups is 1. The SMILES string of the molecule is CCCCCc1cc(C2Cc3cccc(c3)C3(CCC4C=c5ccccc5=C(O)C4C3)C(C(=O)O)CC=CCC2CCCCCC(C=O)C2C=C(CCN)CC2)ccc1O. The predicted octanol–water partition coefficient (Wildman–Crippen LogP) is 10.4. The average Bonchev–Trinajstić information content (AvgIpc) is 3.72. The van der Waals surface area contributed by atoms with Gasteiger partial charge in [0.1, 0.15) is 17.8 Å². The lowest BCUT2D eigenvalue weighted by molar-refractivity contribution is -0.145. The molecule has 0 radical (unpaired) electrons. The summed E-state index contributed by atoms with van der Waals surface area (Å²) < 4.78 is 0. The average molecular weight is 812 g/mol. The fourth-order valence-electron chi connectivity index (χ4n) is 11.7. The first-order valence-electron chi connectivity index (χ1n) is 23.4. The standard InChI is InChI=1S/C54H69NO5/c1-2-3-5-17-44-34-42(24-25-51(44)57)48-32-38-13-12-19-46(31-38)54(28-26-43-33-41-16-8-10-20-47(41)52(58)49(43)35-54)50(53(59)60)21-11-9-15-39(48)14-6-4-7-18-45(36-56)40-23-22-37(30-40)27-29-55/h8-13,16,19-20,24-25,30-31,33-34,36,39-40,43,45,48-50,57-58H,2-7,14-15,17-18,21-23,26-29,32,35,55H2,1H3,(H,59,60). The molecule has 0 aliphatic heterocycles. The van der Waals surface area contributed by atoms with E-state index in [9.17, 15) is 24.9 Å². The van der Waals surface area contributed by atoms with Crippen LogP contribution in [-0.4, -0.2) is 34.1 Å². The molecule has 0 saturated heterocycles. The van der Waals surface area contributed by atoms with Gasteiger partial charge in [-0.1, -0.05) is 130 Å². The summed E-state index contributed by atoms with van der Waals surface area (Å²) in [7, 11) is 0. The Morgan fingerprint density at radius 2 is 1.75 bits per heavy atom.